The molecule has 0 bridgehead atoms. The largest absolute Gasteiger partial charge is 0.489 e. The minimum atomic E-state index is 0.221. The van der Waals surface area contributed by atoms with Crippen LogP contribution in [0.15, 0.2) is 67.0 Å². The lowest BCUT2D eigenvalue weighted by Crippen LogP contribution is -2.34. The molecule has 0 aliphatic carbocycles. The monoisotopic (exact) mass is 506 g/mol. The zero-order valence-corrected chi connectivity index (χ0v) is 21.2. The summed E-state index contributed by atoms with van der Waals surface area (Å²) in [4.78, 5) is 15.6. The zero-order valence-electron chi connectivity index (χ0n) is 20.4. The molecule has 8 heteroatoms. The van der Waals surface area contributed by atoms with E-state index in [2.05, 4.69) is 68.8 Å². The predicted octanol–water partition coefficient (Wildman–Crippen LogP) is 6.34. The predicted molar refractivity (Wildman–Crippen MR) is 149 cm³/mol. The Balaban J connectivity index is 1.26. The van der Waals surface area contributed by atoms with Gasteiger partial charge in [-0.15, -0.1) is 11.3 Å². The highest BCUT2D eigenvalue weighted by atomic mass is 32.1. The smallest absolute Gasteiger partial charge is 0.138 e. The van der Waals surface area contributed by atoms with E-state index < -0.39 is 0 Å². The van der Waals surface area contributed by atoms with Gasteiger partial charge in [0.15, 0.2) is 0 Å². The number of rotatable bonds is 5. The van der Waals surface area contributed by atoms with Crippen LogP contribution in [0.5, 0.6) is 5.75 Å². The summed E-state index contributed by atoms with van der Waals surface area (Å²) in [6.07, 6.45) is 5.85. The Bertz CT molecular complexity index is 1730. The Morgan fingerprint density at radius 2 is 1.89 bits per heavy atom. The lowest BCUT2D eigenvalue weighted by atomic mass is 10.1. The lowest BCUT2D eigenvalue weighted by Gasteiger charge is -2.23. The molecular weight excluding hydrogens is 480 g/mol. The van der Waals surface area contributed by atoms with Crippen LogP contribution in [0.25, 0.3) is 55.0 Å². The summed E-state index contributed by atoms with van der Waals surface area (Å²) in [5, 5.41) is 12.3. The Morgan fingerprint density at radius 1 is 0.973 bits per heavy atom. The van der Waals surface area contributed by atoms with Gasteiger partial charge < -0.3 is 15.0 Å². The molecule has 1 aliphatic rings. The van der Waals surface area contributed by atoms with E-state index in [0.717, 1.165) is 70.9 Å². The van der Waals surface area contributed by atoms with E-state index in [1.165, 1.54) is 20.7 Å². The molecule has 1 fully saturated rings. The second-order valence-corrected chi connectivity index (χ2v) is 10.8. The van der Waals surface area contributed by atoms with E-state index in [1.807, 2.05) is 35.7 Å². The van der Waals surface area contributed by atoms with Crippen LogP contribution < -0.4 is 10.1 Å². The Hall–Kier alpha value is -4.01. The minimum Gasteiger partial charge on any atom is -0.489 e. The van der Waals surface area contributed by atoms with Crippen molar-refractivity contribution in [2.45, 2.75) is 25.9 Å². The minimum absolute atomic E-state index is 0.221. The number of hydrogen-bond donors (Lipinski definition) is 3. The van der Waals surface area contributed by atoms with Gasteiger partial charge in [0.2, 0.25) is 0 Å². The number of nitrogens with zero attached hydrogens (tertiary/aromatic N) is 3. The molecule has 0 spiro atoms. The van der Waals surface area contributed by atoms with Gasteiger partial charge in [0.1, 0.15) is 23.1 Å². The van der Waals surface area contributed by atoms with Crippen molar-refractivity contribution in [2.75, 3.05) is 13.1 Å². The fourth-order valence-corrected chi connectivity index (χ4v) is 5.96. The molecule has 0 radical (unpaired) electrons. The number of H-pyrrole nitrogens is 2. The molecular formula is C29H26N6OS. The van der Waals surface area contributed by atoms with Crippen molar-refractivity contribution in [3.8, 4) is 38.8 Å². The van der Waals surface area contributed by atoms with Crippen LogP contribution in [0.2, 0.25) is 0 Å². The molecule has 6 aromatic rings. The maximum atomic E-state index is 6.21. The topological polar surface area (TPSA) is 91.5 Å². The molecule has 0 unspecified atom stereocenters. The second-order valence-electron chi connectivity index (χ2n) is 9.50. The number of aromatic nitrogens is 5. The van der Waals surface area contributed by atoms with Crippen molar-refractivity contribution < 1.29 is 4.74 Å². The molecule has 184 valence electrons. The lowest BCUT2D eigenvalue weighted by molar-refractivity contribution is 0.162. The number of fused-ring (bicyclic) bond motifs is 2. The summed E-state index contributed by atoms with van der Waals surface area (Å²) < 4.78 is 6.21. The molecule has 1 aromatic carbocycles. The third kappa shape index (κ3) is 4.18. The van der Waals surface area contributed by atoms with Crippen molar-refractivity contribution in [1.82, 2.24) is 30.5 Å². The summed E-state index contributed by atoms with van der Waals surface area (Å²) in [6.45, 7) is 4.11. The van der Waals surface area contributed by atoms with Crippen LogP contribution in [0.1, 0.15) is 17.7 Å². The average molecular weight is 507 g/mol. The first-order chi connectivity index (χ1) is 18.2. The molecule has 1 aliphatic heterocycles. The number of pyridine rings is 2. The fourth-order valence-electron chi connectivity index (χ4n) is 5.05. The van der Waals surface area contributed by atoms with Crippen LogP contribution in [-0.2, 0) is 0 Å². The maximum absolute atomic E-state index is 6.21. The number of piperidine rings is 1. The summed E-state index contributed by atoms with van der Waals surface area (Å²) >= 11 is 1.81. The molecule has 0 saturated carbocycles. The SMILES string of the molecule is Cc1ccc(-c2cccc3[nH]c(-c4n[nH]c5ccc(-c6cncc(OC7CCNCC7)c6)nc45)cc23)s1. The standard InChI is InChI=1S/C29H26N6OS/c1-17-5-8-27(37-17)21-3-2-4-24-22(21)14-26(32-24)29-28-25(34-35-29)7-6-23(33-28)18-13-20(16-31-15-18)36-19-9-11-30-12-10-19/h2-8,13-16,19,30,32H,9-12H2,1H3,(H,34,35). The Morgan fingerprint density at radius 3 is 2.76 bits per heavy atom. The van der Waals surface area contributed by atoms with Gasteiger partial charge in [-0.05, 0) is 75.3 Å². The van der Waals surface area contributed by atoms with Crippen LogP contribution in [-0.4, -0.2) is 44.3 Å². The van der Waals surface area contributed by atoms with E-state index in [0.29, 0.717) is 0 Å². The number of hydrogen-bond acceptors (Lipinski definition) is 6. The van der Waals surface area contributed by atoms with Crippen LogP contribution in [0.3, 0.4) is 0 Å². The quantitative estimate of drug-likeness (QED) is 0.254. The van der Waals surface area contributed by atoms with Crippen molar-refractivity contribution in [2.24, 2.45) is 0 Å². The number of nitrogens with one attached hydrogen (secondary N) is 3. The fraction of sp³-hybridized carbons (Fsp3) is 0.207. The Kier molecular flexibility index (Phi) is 5.48. The van der Waals surface area contributed by atoms with E-state index >= 15 is 0 Å². The van der Waals surface area contributed by atoms with Crippen molar-refractivity contribution in [3.05, 3.63) is 71.9 Å². The van der Waals surface area contributed by atoms with Gasteiger partial charge >= 0.3 is 0 Å². The molecule has 0 amide bonds. The molecule has 37 heavy (non-hydrogen) atoms. The highest BCUT2D eigenvalue weighted by molar-refractivity contribution is 7.15. The summed E-state index contributed by atoms with van der Waals surface area (Å²) in [5.74, 6) is 0.783. The molecule has 7 nitrogen and oxygen atoms in total. The molecule has 0 atom stereocenters. The third-order valence-corrected chi connectivity index (χ3v) is 7.96. The van der Waals surface area contributed by atoms with Gasteiger partial charge in [-0.2, -0.15) is 5.10 Å². The van der Waals surface area contributed by atoms with E-state index in [-0.39, 0.29) is 6.10 Å². The van der Waals surface area contributed by atoms with Crippen LogP contribution >= 0.6 is 11.3 Å². The van der Waals surface area contributed by atoms with Gasteiger partial charge in [0, 0.05) is 38.0 Å². The van der Waals surface area contributed by atoms with Gasteiger partial charge in [-0.25, -0.2) is 4.98 Å². The highest BCUT2D eigenvalue weighted by Crippen LogP contribution is 2.36. The number of thiophene rings is 1. The van der Waals surface area contributed by atoms with Crippen molar-refractivity contribution in [1.29, 1.82) is 0 Å². The average Bonchev–Trinajstić information content (AvgIpc) is 3.66. The maximum Gasteiger partial charge on any atom is 0.138 e. The normalized spacial score (nSPS) is 14.5. The molecule has 5 aromatic heterocycles. The molecule has 3 N–H and O–H groups in total. The van der Waals surface area contributed by atoms with E-state index in [4.69, 9.17) is 9.72 Å². The first-order valence-electron chi connectivity index (χ1n) is 12.6. The number of benzene rings is 1. The van der Waals surface area contributed by atoms with Gasteiger partial charge in [-0.3, -0.25) is 10.1 Å². The van der Waals surface area contributed by atoms with E-state index in [9.17, 15) is 0 Å². The Labute approximate surface area is 217 Å². The van der Waals surface area contributed by atoms with Gasteiger partial charge in [0.25, 0.3) is 0 Å². The van der Waals surface area contributed by atoms with Gasteiger partial charge in [-0.1, -0.05) is 12.1 Å². The van der Waals surface area contributed by atoms with Crippen molar-refractivity contribution in [3.63, 3.8) is 0 Å². The first kappa shape index (κ1) is 22.2. The van der Waals surface area contributed by atoms with Gasteiger partial charge in [0.05, 0.1) is 23.1 Å². The number of ether oxygens (including phenoxy) is 1. The molecule has 1 saturated heterocycles. The van der Waals surface area contributed by atoms with Crippen LogP contribution in [0.4, 0.5) is 0 Å². The van der Waals surface area contributed by atoms with E-state index in [1.54, 1.807) is 6.20 Å². The molecule has 7 rings (SSSR count). The summed E-state index contributed by atoms with van der Waals surface area (Å²) in [7, 11) is 0. The number of aryl methyl sites for hydroxylation is 1. The molecule has 6 heterocycles. The zero-order chi connectivity index (χ0) is 24.8. The number of aromatic amines is 2. The summed E-state index contributed by atoms with van der Waals surface area (Å²) in [5.41, 5.74) is 7.52. The third-order valence-electron chi connectivity index (χ3n) is 6.93. The second kappa shape index (κ2) is 9.14. The first-order valence-corrected chi connectivity index (χ1v) is 13.4. The van der Waals surface area contributed by atoms with Crippen molar-refractivity contribution >= 4 is 33.3 Å². The highest BCUT2D eigenvalue weighted by Gasteiger charge is 2.17. The summed E-state index contributed by atoms with van der Waals surface area (Å²) in [6, 6.07) is 19.0. The van der Waals surface area contributed by atoms with Crippen LogP contribution in [0, 0.1) is 6.92 Å².